The van der Waals surface area contributed by atoms with E-state index in [0.29, 0.717) is 24.6 Å². The van der Waals surface area contributed by atoms with Gasteiger partial charge in [-0.3, -0.25) is 0 Å². The molecule has 4 rings (SSSR count). The number of nitrogens with zero attached hydrogens (tertiary/aromatic N) is 2. The third-order valence-electron chi connectivity index (χ3n) is 8.84. The van der Waals surface area contributed by atoms with Gasteiger partial charge >= 0.3 is 6.09 Å². The van der Waals surface area contributed by atoms with Crippen molar-refractivity contribution in [3.8, 4) is 11.3 Å². The molecule has 2 atom stereocenters. The molecule has 1 heterocycles. The summed E-state index contributed by atoms with van der Waals surface area (Å²) in [6.45, 7) is 18.5. The van der Waals surface area contributed by atoms with Crippen LogP contribution in [0.4, 0.5) is 13.6 Å². The summed E-state index contributed by atoms with van der Waals surface area (Å²) >= 11 is 0. The molecule has 0 radical (unpaired) electrons. The number of ether oxygens (including phenoxy) is 1. The maximum Gasteiger partial charge on any atom is 0.407 e. The highest BCUT2D eigenvalue weighted by Crippen LogP contribution is 2.38. The van der Waals surface area contributed by atoms with E-state index in [1.54, 1.807) is 6.20 Å². The SMILES string of the molecule is CC(C)(C)[C@@H](NC[C@H](CNC(=O)OCc1ccccc1)O[Si](C)(C)C(C)(C)C)c1nc(-c2cc(F)ccc2F)cn1Cc1ccccc1. The Bertz CT molecular complexity index is 1630. The van der Waals surface area contributed by atoms with Gasteiger partial charge in [0, 0.05) is 31.4 Å². The van der Waals surface area contributed by atoms with Crippen LogP contribution in [0.5, 0.6) is 0 Å². The standard InChI is InChI=1S/C38H50F2N4O3Si/c1-37(2,3)34(35-43-33(31-21-29(39)19-20-32(31)40)25-44(35)24-27-15-11-9-12-16-27)41-22-30(47-48(7,8)38(4,5)6)23-42-36(45)46-26-28-17-13-10-14-18-28/h9-21,25,30,34,41H,22-24,26H2,1-8H3,(H,42,45)/t30-,34+/m1/s1. The van der Waals surface area contributed by atoms with Crippen molar-refractivity contribution >= 4 is 14.4 Å². The smallest absolute Gasteiger partial charge is 0.407 e. The first kappa shape index (κ1) is 37.0. The van der Waals surface area contributed by atoms with Crippen LogP contribution in [-0.4, -0.2) is 43.2 Å². The van der Waals surface area contributed by atoms with E-state index in [9.17, 15) is 13.6 Å². The first-order chi connectivity index (χ1) is 22.5. The lowest BCUT2D eigenvalue weighted by molar-refractivity contribution is 0.123. The fraction of sp³-hybridized carbons (Fsp3) is 0.421. The number of benzene rings is 3. The zero-order valence-corrected chi connectivity index (χ0v) is 30.4. The Labute approximate surface area is 285 Å². The summed E-state index contributed by atoms with van der Waals surface area (Å²) in [5, 5.41) is 6.55. The van der Waals surface area contributed by atoms with Crippen molar-refractivity contribution < 1.29 is 22.7 Å². The Morgan fingerprint density at radius 2 is 1.52 bits per heavy atom. The van der Waals surface area contributed by atoms with Crippen LogP contribution >= 0.6 is 0 Å². The highest BCUT2D eigenvalue weighted by molar-refractivity contribution is 6.74. The van der Waals surface area contributed by atoms with Crippen LogP contribution in [-0.2, 0) is 22.3 Å². The second kappa shape index (κ2) is 15.6. The topological polar surface area (TPSA) is 77.4 Å². The lowest BCUT2D eigenvalue weighted by Gasteiger charge is -2.40. The molecule has 48 heavy (non-hydrogen) atoms. The van der Waals surface area contributed by atoms with Crippen LogP contribution in [0.1, 0.15) is 64.5 Å². The Morgan fingerprint density at radius 1 is 0.896 bits per heavy atom. The highest BCUT2D eigenvalue weighted by atomic mass is 28.4. The van der Waals surface area contributed by atoms with Gasteiger partial charge in [0.25, 0.3) is 0 Å². The molecule has 4 aromatic rings. The van der Waals surface area contributed by atoms with Crippen LogP contribution in [0.3, 0.4) is 0 Å². The molecule has 0 saturated heterocycles. The van der Waals surface area contributed by atoms with Crippen molar-refractivity contribution in [1.29, 1.82) is 0 Å². The molecule has 1 amide bonds. The summed E-state index contributed by atoms with van der Waals surface area (Å²) in [6.07, 6.45) is 0.891. The van der Waals surface area contributed by atoms with Gasteiger partial charge in [-0.15, -0.1) is 0 Å². The van der Waals surface area contributed by atoms with E-state index in [1.165, 1.54) is 6.07 Å². The zero-order chi connectivity index (χ0) is 35.1. The molecule has 7 nitrogen and oxygen atoms in total. The third kappa shape index (κ3) is 10.1. The van der Waals surface area contributed by atoms with Crippen molar-refractivity contribution in [3.63, 3.8) is 0 Å². The predicted molar refractivity (Wildman–Crippen MR) is 190 cm³/mol. The first-order valence-electron chi connectivity index (χ1n) is 16.5. The highest BCUT2D eigenvalue weighted by Gasteiger charge is 2.40. The molecule has 0 fully saturated rings. The van der Waals surface area contributed by atoms with Gasteiger partial charge in [0.15, 0.2) is 8.32 Å². The lowest BCUT2D eigenvalue weighted by Crippen LogP contribution is -2.51. The van der Waals surface area contributed by atoms with Crippen molar-refractivity contribution in [1.82, 2.24) is 20.2 Å². The number of aromatic nitrogens is 2. The van der Waals surface area contributed by atoms with Crippen LogP contribution in [0.2, 0.25) is 18.1 Å². The van der Waals surface area contributed by atoms with E-state index in [4.69, 9.17) is 14.1 Å². The van der Waals surface area contributed by atoms with Gasteiger partial charge in [-0.2, -0.15) is 0 Å². The van der Waals surface area contributed by atoms with Crippen LogP contribution in [0.15, 0.2) is 85.1 Å². The Kier molecular flexibility index (Phi) is 12.0. The maximum absolute atomic E-state index is 15.0. The summed E-state index contributed by atoms with van der Waals surface area (Å²) in [5.74, 6) is -0.386. The number of halogens is 2. The minimum absolute atomic E-state index is 0.0572. The minimum Gasteiger partial charge on any atom is -0.445 e. The molecule has 0 aliphatic carbocycles. The first-order valence-corrected chi connectivity index (χ1v) is 19.4. The van der Waals surface area contributed by atoms with Crippen LogP contribution in [0, 0.1) is 17.0 Å². The molecule has 0 saturated carbocycles. The average Bonchev–Trinajstić information content (AvgIpc) is 3.42. The monoisotopic (exact) mass is 676 g/mol. The maximum atomic E-state index is 15.0. The number of hydrogen-bond acceptors (Lipinski definition) is 5. The molecule has 0 bridgehead atoms. The third-order valence-corrected chi connectivity index (χ3v) is 13.4. The van der Waals surface area contributed by atoms with E-state index in [0.717, 1.165) is 23.3 Å². The van der Waals surface area contributed by atoms with Gasteiger partial charge in [0.2, 0.25) is 0 Å². The summed E-state index contributed by atoms with van der Waals surface area (Å²) < 4.78 is 43.6. The van der Waals surface area contributed by atoms with E-state index in [2.05, 4.69) is 65.3 Å². The second-order valence-electron chi connectivity index (χ2n) is 14.9. The normalized spacial score (nSPS) is 13.6. The number of alkyl carbamates (subject to hydrolysis) is 1. The number of rotatable bonds is 13. The summed E-state index contributed by atoms with van der Waals surface area (Å²) in [6, 6.07) is 22.6. The van der Waals surface area contributed by atoms with Crippen molar-refractivity contribution in [2.45, 2.75) is 85.0 Å². The minimum atomic E-state index is -2.25. The van der Waals surface area contributed by atoms with E-state index in [1.807, 2.05) is 65.2 Å². The Hall–Kier alpha value is -3.86. The Balaban J connectivity index is 1.62. The van der Waals surface area contributed by atoms with Crippen molar-refractivity contribution in [2.75, 3.05) is 13.1 Å². The van der Waals surface area contributed by atoms with Gasteiger partial charge < -0.3 is 24.4 Å². The summed E-state index contributed by atoms with van der Waals surface area (Å²) in [4.78, 5) is 17.7. The fourth-order valence-corrected chi connectivity index (χ4v) is 6.50. The van der Waals surface area contributed by atoms with Crippen LogP contribution < -0.4 is 10.6 Å². The van der Waals surface area contributed by atoms with E-state index in [-0.39, 0.29) is 41.3 Å². The molecule has 3 aromatic carbocycles. The molecule has 2 N–H and O–H groups in total. The quantitative estimate of drug-likeness (QED) is 0.138. The number of amides is 1. The largest absolute Gasteiger partial charge is 0.445 e. The number of imidazole rings is 1. The molecule has 258 valence electrons. The van der Waals surface area contributed by atoms with Crippen molar-refractivity contribution in [3.05, 3.63) is 114 Å². The molecule has 10 heteroatoms. The molecular formula is C38H50F2N4O3Si. The second-order valence-corrected chi connectivity index (χ2v) is 19.6. The Morgan fingerprint density at radius 3 is 2.12 bits per heavy atom. The van der Waals surface area contributed by atoms with Gasteiger partial charge in [-0.05, 0) is 52.9 Å². The number of hydrogen-bond donors (Lipinski definition) is 2. The molecular weight excluding hydrogens is 627 g/mol. The fourth-order valence-electron chi connectivity index (χ4n) is 5.15. The van der Waals surface area contributed by atoms with Gasteiger partial charge in [0.05, 0.1) is 17.8 Å². The van der Waals surface area contributed by atoms with Crippen molar-refractivity contribution in [2.24, 2.45) is 5.41 Å². The average molecular weight is 677 g/mol. The van der Waals surface area contributed by atoms with Gasteiger partial charge in [-0.25, -0.2) is 18.6 Å². The van der Waals surface area contributed by atoms with E-state index < -0.39 is 26.0 Å². The van der Waals surface area contributed by atoms with Crippen LogP contribution in [0.25, 0.3) is 11.3 Å². The summed E-state index contributed by atoms with van der Waals surface area (Å²) in [7, 11) is -2.25. The predicted octanol–water partition coefficient (Wildman–Crippen LogP) is 8.87. The molecule has 0 aliphatic rings. The van der Waals surface area contributed by atoms with Gasteiger partial charge in [-0.1, -0.05) is 102 Å². The van der Waals surface area contributed by atoms with Gasteiger partial charge in [0.1, 0.15) is 24.1 Å². The van der Waals surface area contributed by atoms with E-state index >= 15 is 0 Å². The number of nitrogens with one attached hydrogen (secondary N) is 2. The number of carbonyl (C=O) groups excluding carboxylic acids is 1. The zero-order valence-electron chi connectivity index (χ0n) is 29.4. The lowest BCUT2D eigenvalue weighted by atomic mass is 9.86. The molecule has 0 aliphatic heterocycles. The molecule has 1 aromatic heterocycles. The summed E-state index contributed by atoms with van der Waals surface area (Å²) in [5.41, 5.74) is 2.06. The number of carbonyl (C=O) groups is 1. The molecule has 0 spiro atoms. The molecule has 0 unspecified atom stereocenters.